The molecule has 1 heterocycles. The fourth-order valence-corrected chi connectivity index (χ4v) is 3.89. The Morgan fingerprint density at radius 2 is 2.15 bits per heavy atom. The van der Waals surface area contributed by atoms with E-state index < -0.39 is 0 Å². The molecular formula is C16H20N2OS. The lowest BCUT2D eigenvalue weighted by Crippen LogP contribution is -2.18. The highest BCUT2D eigenvalue weighted by Crippen LogP contribution is 2.29. The van der Waals surface area contributed by atoms with Crippen molar-refractivity contribution in [2.45, 2.75) is 45.4 Å². The summed E-state index contributed by atoms with van der Waals surface area (Å²) in [5.41, 5.74) is 2.19. The molecule has 0 spiro atoms. The van der Waals surface area contributed by atoms with Gasteiger partial charge in [-0.3, -0.25) is 4.79 Å². The first-order valence-corrected chi connectivity index (χ1v) is 8.19. The van der Waals surface area contributed by atoms with Gasteiger partial charge in [-0.1, -0.05) is 36.7 Å². The van der Waals surface area contributed by atoms with Gasteiger partial charge in [0.25, 0.3) is 0 Å². The van der Waals surface area contributed by atoms with E-state index in [0.29, 0.717) is 12.3 Å². The molecule has 3 nitrogen and oxygen atoms in total. The van der Waals surface area contributed by atoms with Crippen LogP contribution in [0.25, 0.3) is 10.2 Å². The van der Waals surface area contributed by atoms with E-state index in [1.807, 2.05) is 6.07 Å². The zero-order valence-electron chi connectivity index (χ0n) is 11.8. The fraction of sp³-hybridized carbons (Fsp3) is 0.500. The third-order valence-corrected chi connectivity index (χ3v) is 4.92. The Bertz CT molecular complexity index is 614. The van der Waals surface area contributed by atoms with Crippen molar-refractivity contribution in [2.75, 3.05) is 5.32 Å². The van der Waals surface area contributed by atoms with Crippen LogP contribution in [0.5, 0.6) is 0 Å². The largest absolute Gasteiger partial charge is 0.302 e. The zero-order valence-corrected chi connectivity index (χ0v) is 12.6. The summed E-state index contributed by atoms with van der Waals surface area (Å²) < 4.78 is 1.14. The molecule has 3 rings (SSSR count). The number of nitrogens with zero attached hydrogens (tertiary/aromatic N) is 1. The molecule has 2 aromatic rings. The Labute approximate surface area is 123 Å². The molecule has 1 fully saturated rings. The lowest BCUT2D eigenvalue weighted by Gasteiger charge is -2.20. The highest BCUT2D eigenvalue weighted by molar-refractivity contribution is 7.22. The number of carbonyl (C=O) groups excluding carboxylic acids is 1. The Kier molecular flexibility index (Phi) is 4.01. The molecule has 20 heavy (non-hydrogen) atoms. The van der Waals surface area contributed by atoms with Crippen LogP contribution in [0.2, 0.25) is 0 Å². The Balaban J connectivity index is 1.64. The molecule has 1 aromatic carbocycles. The quantitative estimate of drug-likeness (QED) is 0.902. The maximum absolute atomic E-state index is 12.1. The number of aryl methyl sites for hydroxylation is 1. The van der Waals surface area contributed by atoms with E-state index in [2.05, 4.69) is 29.4 Å². The van der Waals surface area contributed by atoms with Crippen molar-refractivity contribution in [2.24, 2.45) is 5.92 Å². The van der Waals surface area contributed by atoms with Crippen LogP contribution in [0.1, 0.15) is 44.1 Å². The molecule has 0 atom stereocenters. The normalized spacial score (nSPS) is 16.4. The van der Waals surface area contributed by atoms with Crippen molar-refractivity contribution in [1.29, 1.82) is 0 Å². The number of fused-ring (bicyclic) bond motifs is 1. The summed E-state index contributed by atoms with van der Waals surface area (Å²) >= 11 is 1.56. The van der Waals surface area contributed by atoms with Crippen molar-refractivity contribution in [3.8, 4) is 0 Å². The molecular weight excluding hydrogens is 268 g/mol. The Hall–Kier alpha value is -1.42. The molecule has 1 aliphatic rings. The standard InChI is InChI=1S/C16H20N2OS/c1-11-7-8-13-14(9-11)20-16(17-13)18-15(19)10-12-5-3-2-4-6-12/h7-9,12H,2-6,10H2,1H3,(H,17,18,19). The topological polar surface area (TPSA) is 42.0 Å². The van der Waals surface area contributed by atoms with Gasteiger partial charge in [-0.2, -0.15) is 0 Å². The average molecular weight is 288 g/mol. The van der Waals surface area contributed by atoms with Crippen LogP contribution < -0.4 is 5.32 Å². The van der Waals surface area contributed by atoms with E-state index in [9.17, 15) is 4.79 Å². The van der Waals surface area contributed by atoms with E-state index in [1.165, 1.54) is 37.7 Å². The van der Waals surface area contributed by atoms with Gasteiger partial charge >= 0.3 is 0 Å². The zero-order chi connectivity index (χ0) is 13.9. The molecule has 1 aromatic heterocycles. The van der Waals surface area contributed by atoms with Gasteiger partial charge in [0.2, 0.25) is 5.91 Å². The van der Waals surface area contributed by atoms with Crippen LogP contribution in [0, 0.1) is 12.8 Å². The lowest BCUT2D eigenvalue weighted by atomic mass is 9.87. The van der Waals surface area contributed by atoms with Crippen LogP contribution >= 0.6 is 11.3 Å². The molecule has 0 unspecified atom stereocenters. The van der Waals surface area contributed by atoms with E-state index in [0.717, 1.165) is 15.3 Å². The number of carbonyl (C=O) groups is 1. The average Bonchev–Trinajstić information content (AvgIpc) is 2.80. The fourth-order valence-electron chi connectivity index (χ4n) is 2.91. The van der Waals surface area contributed by atoms with Crippen molar-refractivity contribution in [3.63, 3.8) is 0 Å². The molecule has 0 aliphatic heterocycles. The highest BCUT2D eigenvalue weighted by atomic mass is 32.1. The van der Waals surface area contributed by atoms with Gasteiger partial charge in [0.1, 0.15) is 0 Å². The van der Waals surface area contributed by atoms with Crippen molar-refractivity contribution in [3.05, 3.63) is 23.8 Å². The number of benzene rings is 1. The first kappa shape index (κ1) is 13.6. The minimum atomic E-state index is 0.118. The second kappa shape index (κ2) is 5.92. The molecule has 0 saturated heterocycles. The summed E-state index contributed by atoms with van der Waals surface area (Å²) in [7, 11) is 0. The van der Waals surface area contributed by atoms with Gasteiger partial charge in [0, 0.05) is 6.42 Å². The number of amides is 1. The van der Waals surface area contributed by atoms with Crippen LogP contribution in [0.3, 0.4) is 0 Å². The molecule has 4 heteroatoms. The first-order chi connectivity index (χ1) is 9.70. The second-order valence-corrected chi connectivity index (χ2v) is 6.78. The molecule has 1 saturated carbocycles. The number of thiazole rings is 1. The molecule has 0 bridgehead atoms. The van der Waals surface area contributed by atoms with Crippen LogP contribution in [0.4, 0.5) is 5.13 Å². The van der Waals surface area contributed by atoms with Gasteiger partial charge in [-0.15, -0.1) is 0 Å². The summed E-state index contributed by atoms with van der Waals surface area (Å²) in [6.07, 6.45) is 6.93. The molecule has 1 N–H and O–H groups in total. The van der Waals surface area contributed by atoms with Crippen molar-refractivity contribution >= 4 is 32.6 Å². The second-order valence-electron chi connectivity index (χ2n) is 5.75. The number of nitrogens with one attached hydrogen (secondary N) is 1. The summed E-state index contributed by atoms with van der Waals surface area (Å²) in [5, 5.41) is 3.69. The van der Waals surface area contributed by atoms with Gasteiger partial charge in [0.05, 0.1) is 10.2 Å². The molecule has 0 radical (unpaired) electrons. The van der Waals surface area contributed by atoms with Gasteiger partial charge in [-0.05, 0) is 43.4 Å². The maximum atomic E-state index is 12.1. The third kappa shape index (κ3) is 3.18. The van der Waals surface area contributed by atoms with Gasteiger partial charge in [-0.25, -0.2) is 4.98 Å². The minimum absolute atomic E-state index is 0.118. The minimum Gasteiger partial charge on any atom is -0.302 e. The van der Waals surface area contributed by atoms with E-state index >= 15 is 0 Å². The predicted molar refractivity (Wildman–Crippen MR) is 84.2 cm³/mol. The number of rotatable bonds is 3. The molecule has 106 valence electrons. The Morgan fingerprint density at radius 1 is 1.35 bits per heavy atom. The number of hydrogen-bond acceptors (Lipinski definition) is 3. The van der Waals surface area contributed by atoms with Crippen LogP contribution in [0.15, 0.2) is 18.2 Å². The van der Waals surface area contributed by atoms with E-state index in [-0.39, 0.29) is 5.91 Å². The highest BCUT2D eigenvalue weighted by Gasteiger charge is 2.17. The first-order valence-electron chi connectivity index (χ1n) is 7.38. The van der Waals surface area contributed by atoms with Crippen molar-refractivity contribution < 1.29 is 4.79 Å². The lowest BCUT2D eigenvalue weighted by molar-refractivity contribution is -0.117. The van der Waals surface area contributed by atoms with Crippen LogP contribution in [-0.2, 0) is 4.79 Å². The Morgan fingerprint density at radius 3 is 2.95 bits per heavy atom. The van der Waals surface area contributed by atoms with Crippen LogP contribution in [-0.4, -0.2) is 10.9 Å². The van der Waals surface area contributed by atoms with Gasteiger partial charge in [0.15, 0.2) is 5.13 Å². The summed E-state index contributed by atoms with van der Waals surface area (Å²) in [6, 6.07) is 6.18. The number of anilines is 1. The van der Waals surface area contributed by atoms with E-state index in [4.69, 9.17) is 0 Å². The van der Waals surface area contributed by atoms with Gasteiger partial charge < -0.3 is 5.32 Å². The van der Waals surface area contributed by atoms with Crippen molar-refractivity contribution in [1.82, 2.24) is 4.98 Å². The number of aromatic nitrogens is 1. The number of hydrogen-bond donors (Lipinski definition) is 1. The third-order valence-electron chi connectivity index (χ3n) is 3.99. The predicted octanol–water partition coefficient (Wildman–Crippen LogP) is 4.51. The summed E-state index contributed by atoms with van der Waals surface area (Å²) in [4.78, 5) is 16.6. The SMILES string of the molecule is Cc1ccc2nc(NC(=O)CC3CCCCC3)sc2c1. The summed E-state index contributed by atoms with van der Waals surface area (Å²) in [5.74, 6) is 0.688. The molecule has 1 aliphatic carbocycles. The summed E-state index contributed by atoms with van der Waals surface area (Å²) in [6.45, 7) is 2.07. The molecule has 1 amide bonds. The monoisotopic (exact) mass is 288 g/mol. The maximum Gasteiger partial charge on any atom is 0.226 e. The van der Waals surface area contributed by atoms with E-state index in [1.54, 1.807) is 11.3 Å². The smallest absolute Gasteiger partial charge is 0.226 e.